The minimum Gasteiger partial charge on any atom is -0.299 e. The van der Waals surface area contributed by atoms with Gasteiger partial charge in [-0.2, -0.15) is 0 Å². The molecule has 0 aliphatic carbocycles. The predicted octanol–water partition coefficient (Wildman–Crippen LogP) is 4.70. The SMILES string of the molecule is CC(C)CN(Cc1ccc(F)cc1Br)CC(C)C. The number of nitrogens with zero attached hydrogens (tertiary/aromatic N) is 1. The van der Waals surface area contributed by atoms with Crippen molar-refractivity contribution in [2.45, 2.75) is 34.2 Å². The van der Waals surface area contributed by atoms with Crippen LogP contribution in [-0.2, 0) is 6.54 Å². The van der Waals surface area contributed by atoms with Crippen LogP contribution in [0.2, 0.25) is 0 Å². The van der Waals surface area contributed by atoms with Crippen molar-refractivity contribution in [2.24, 2.45) is 11.8 Å². The lowest BCUT2D eigenvalue weighted by atomic mass is 10.1. The molecule has 1 aromatic rings. The highest BCUT2D eigenvalue weighted by molar-refractivity contribution is 9.10. The van der Waals surface area contributed by atoms with Crippen molar-refractivity contribution in [1.82, 2.24) is 4.90 Å². The van der Waals surface area contributed by atoms with Gasteiger partial charge in [-0.15, -0.1) is 0 Å². The topological polar surface area (TPSA) is 3.24 Å². The quantitative estimate of drug-likeness (QED) is 0.735. The van der Waals surface area contributed by atoms with Gasteiger partial charge in [-0.1, -0.05) is 49.7 Å². The first-order chi connectivity index (χ1) is 8.38. The zero-order valence-electron chi connectivity index (χ0n) is 11.7. The highest BCUT2D eigenvalue weighted by Gasteiger charge is 2.12. The molecule has 0 N–H and O–H groups in total. The molecule has 0 aliphatic heterocycles. The van der Waals surface area contributed by atoms with Crippen molar-refractivity contribution in [3.63, 3.8) is 0 Å². The molecule has 18 heavy (non-hydrogen) atoms. The van der Waals surface area contributed by atoms with E-state index in [2.05, 4.69) is 48.5 Å². The fourth-order valence-corrected chi connectivity index (χ4v) is 2.60. The maximum absolute atomic E-state index is 13.1. The molecule has 0 bridgehead atoms. The molecule has 0 radical (unpaired) electrons. The summed E-state index contributed by atoms with van der Waals surface area (Å²) in [4.78, 5) is 2.44. The molecule has 102 valence electrons. The Hall–Kier alpha value is -0.410. The van der Waals surface area contributed by atoms with Crippen molar-refractivity contribution in [2.75, 3.05) is 13.1 Å². The van der Waals surface area contributed by atoms with Crippen LogP contribution in [0.3, 0.4) is 0 Å². The average Bonchev–Trinajstić information content (AvgIpc) is 2.20. The number of hydrogen-bond donors (Lipinski definition) is 0. The molecule has 0 spiro atoms. The van der Waals surface area contributed by atoms with Gasteiger partial charge in [-0.25, -0.2) is 4.39 Å². The maximum atomic E-state index is 13.1. The first kappa shape index (κ1) is 15.6. The summed E-state index contributed by atoms with van der Waals surface area (Å²) in [6.45, 7) is 11.9. The lowest BCUT2D eigenvalue weighted by molar-refractivity contribution is 0.211. The normalized spacial score (nSPS) is 11.8. The molecule has 0 aliphatic rings. The standard InChI is InChI=1S/C15H23BrFN/c1-11(2)8-18(9-12(3)4)10-13-5-6-14(17)7-15(13)16/h5-7,11-12H,8-10H2,1-4H3. The second-order valence-corrected chi connectivity index (χ2v) is 6.57. The molecule has 0 amide bonds. The van der Waals surface area contributed by atoms with E-state index in [0.717, 1.165) is 29.7 Å². The van der Waals surface area contributed by atoms with Crippen LogP contribution >= 0.6 is 15.9 Å². The Labute approximate surface area is 119 Å². The van der Waals surface area contributed by atoms with Gasteiger partial charge in [-0.3, -0.25) is 4.90 Å². The van der Waals surface area contributed by atoms with Crippen LogP contribution in [0.25, 0.3) is 0 Å². The summed E-state index contributed by atoms with van der Waals surface area (Å²) >= 11 is 3.44. The van der Waals surface area contributed by atoms with Gasteiger partial charge in [0.1, 0.15) is 5.82 Å². The summed E-state index contributed by atoms with van der Waals surface area (Å²) in [6, 6.07) is 4.94. The van der Waals surface area contributed by atoms with E-state index in [1.807, 2.05) is 6.07 Å². The van der Waals surface area contributed by atoms with E-state index in [9.17, 15) is 4.39 Å². The van der Waals surface area contributed by atoms with E-state index in [1.54, 1.807) is 0 Å². The van der Waals surface area contributed by atoms with E-state index in [-0.39, 0.29) is 5.82 Å². The van der Waals surface area contributed by atoms with Crippen LogP contribution in [-0.4, -0.2) is 18.0 Å². The van der Waals surface area contributed by atoms with Gasteiger partial charge < -0.3 is 0 Å². The first-order valence-corrected chi connectivity index (χ1v) is 7.34. The number of halogens is 2. The molecular formula is C15H23BrFN. The van der Waals surface area contributed by atoms with Crippen LogP contribution in [0.15, 0.2) is 22.7 Å². The third-order valence-electron chi connectivity index (χ3n) is 2.66. The second kappa shape index (κ2) is 7.25. The van der Waals surface area contributed by atoms with Gasteiger partial charge in [0, 0.05) is 24.1 Å². The largest absolute Gasteiger partial charge is 0.299 e. The smallest absolute Gasteiger partial charge is 0.124 e. The third-order valence-corrected chi connectivity index (χ3v) is 3.39. The van der Waals surface area contributed by atoms with E-state index in [4.69, 9.17) is 0 Å². The molecule has 0 saturated carbocycles. The van der Waals surface area contributed by atoms with Crippen molar-refractivity contribution >= 4 is 15.9 Å². The van der Waals surface area contributed by atoms with Crippen molar-refractivity contribution in [3.05, 3.63) is 34.1 Å². The predicted molar refractivity (Wildman–Crippen MR) is 79.1 cm³/mol. The minimum atomic E-state index is -0.190. The van der Waals surface area contributed by atoms with Crippen LogP contribution in [0.5, 0.6) is 0 Å². The van der Waals surface area contributed by atoms with Crippen LogP contribution < -0.4 is 0 Å². The summed E-state index contributed by atoms with van der Waals surface area (Å²) in [6.07, 6.45) is 0. The minimum absolute atomic E-state index is 0.190. The summed E-state index contributed by atoms with van der Waals surface area (Å²) in [7, 11) is 0. The molecule has 1 aromatic carbocycles. The van der Waals surface area contributed by atoms with Crippen molar-refractivity contribution in [1.29, 1.82) is 0 Å². The first-order valence-electron chi connectivity index (χ1n) is 6.54. The maximum Gasteiger partial charge on any atom is 0.124 e. The van der Waals surface area contributed by atoms with Gasteiger partial charge >= 0.3 is 0 Å². The zero-order valence-corrected chi connectivity index (χ0v) is 13.3. The molecule has 1 nitrogen and oxygen atoms in total. The Morgan fingerprint density at radius 3 is 2.11 bits per heavy atom. The Kier molecular flexibility index (Phi) is 6.30. The van der Waals surface area contributed by atoms with E-state index < -0.39 is 0 Å². The number of hydrogen-bond acceptors (Lipinski definition) is 1. The van der Waals surface area contributed by atoms with Crippen LogP contribution in [0.4, 0.5) is 4.39 Å². The van der Waals surface area contributed by atoms with E-state index >= 15 is 0 Å². The van der Waals surface area contributed by atoms with E-state index in [0.29, 0.717) is 11.8 Å². The third kappa shape index (κ3) is 5.49. The molecule has 0 unspecified atom stereocenters. The summed E-state index contributed by atoms with van der Waals surface area (Å²) < 4.78 is 13.9. The monoisotopic (exact) mass is 315 g/mol. The van der Waals surface area contributed by atoms with Gasteiger partial charge in [0.05, 0.1) is 0 Å². The lowest BCUT2D eigenvalue weighted by Gasteiger charge is -2.26. The molecule has 0 fully saturated rings. The van der Waals surface area contributed by atoms with Gasteiger partial charge in [0.15, 0.2) is 0 Å². The molecule has 1 rings (SSSR count). The number of rotatable bonds is 6. The molecule has 0 saturated heterocycles. The second-order valence-electron chi connectivity index (χ2n) is 5.72. The molecule has 0 aromatic heterocycles. The van der Waals surface area contributed by atoms with Crippen LogP contribution in [0, 0.1) is 17.7 Å². The Bertz CT molecular complexity index is 367. The average molecular weight is 316 g/mol. The molecule has 0 atom stereocenters. The highest BCUT2D eigenvalue weighted by atomic mass is 79.9. The lowest BCUT2D eigenvalue weighted by Crippen LogP contribution is -2.31. The van der Waals surface area contributed by atoms with E-state index in [1.165, 1.54) is 12.1 Å². The van der Waals surface area contributed by atoms with Gasteiger partial charge in [0.2, 0.25) is 0 Å². The van der Waals surface area contributed by atoms with Gasteiger partial charge in [-0.05, 0) is 29.5 Å². The number of benzene rings is 1. The van der Waals surface area contributed by atoms with Gasteiger partial charge in [0.25, 0.3) is 0 Å². The van der Waals surface area contributed by atoms with Crippen molar-refractivity contribution in [3.8, 4) is 0 Å². The Morgan fingerprint density at radius 2 is 1.67 bits per heavy atom. The molecular weight excluding hydrogens is 293 g/mol. The molecule has 0 heterocycles. The Balaban J connectivity index is 2.75. The zero-order chi connectivity index (χ0) is 13.7. The summed E-state index contributed by atoms with van der Waals surface area (Å²) in [5.41, 5.74) is 1.15. The Morgan fingerprint density at radius 1 is 1.11 bits per heavy atom. The highest BCUT2D eigenvalue weighted by Crippen LogP contribution is 2.20. The fraction of sp³-hybridized carbons (Fsp3) is 0.600. The summed E-state index contributed by atoms with van der Waals surface area (Å²) in [5, 5.41) is 0. The fourth-order valence-electron chi connectivity index (χ4n) is 2.13. The van der Waals surface area contributed by atoms with Crippen LogP contribution in [0.1, 0.15) is 33.3 Å². The van der Waals surface area contributed by atoms with Crippen molar-refractivity contribution < 1.29 is 4.39 Å². The summed E-state index contributed by atoms with van der Waals surface area (Å²) in [5.74, 6) is 1.09. The molecule has 3 heteroatoms.